The summed E-state index contributed by atoms with van der Waals surface area (Å²) in [6, 6.07) is 12.9. The quantitative estimate of drug-likeness (QED) is 0.429. The van der Waals surface area contributed by atoms with Gasteiger partial charge in [0.25, 0.3) is 5.91 Å². The van der Waals surface area contributed by atoms with E-state index in [1.807, 2.05) is 49.6 Å². The van der Waals surface area contributed by atoms with Crippen LogP contribution in [0.3, 0.4) is 0 Å². The van der Waals surface area contributed by atoms with Gasteiger partial charge in [-0.15, -0.1) is 11.3 Å². The van der Waals surface area contributed by atoms with Gasteiger partial charge in [0.1, 0.15) is 0 Å². The van der Waals surface area contributed by atoms with Gasteiger partial charge < -0.3 is 14.8 Å². The average Bonchev–Trinajstić information content (AvgIpc) is 3.13. The number of aromatic nitrogens is 1. The Bertz CT molecular complexity index is 999. The number of thiazole rings is 1. The van der Waals surface area contributed by atoms with Gasteiger partial charge in [-0.3, -0.25) is 10.2 Å². The molecule has 0 spiro atoms. The number of hydrogen-bond acceptors (Lipinski definition) is 7. The lowest BCUT2D eigenvalue weighted by Crippen LogP contribution is -2.20. The summed E-state index contributed by atoms with van der Waals surface area (Å²) in [6.07, 6.45) is 1.66. The number of carbonyl (C=O) groups excluding carboxylic acids is 1. The minimum Gasteiger partial charge on any atom is -0.493 e. The Morgan fingerprint density at radius 2 is 1.97 bits per heavy atom. The molecule has 3 rings (SSSR count). The Labute approximate surface area is 173 Å². The summed E-state index contributed by atoms with van der Waals surface area (Å²) in [6.45, 7) is 3.80. The van der Waals surface area contributed by atoms with Crippen LogP contribution in [-0.2, 0) is 4.79 Å². The summed E-state index contributed by atoms with van der Waals surface area (Å²) in [7, 11) is 1.55. The molecule has 1 aromatic heterocycles. The third kappa shape index (κ3) is 6.05. The fraction of sp³-hybridized carbons (Fsp3) is 0.190. The van der Waals surface area contributed by atoms with Crippen LogP contribution in [0.4, 0.5) is 10.8 Å². The number of carbonyl (C=O) groups is 1. The van der Waals surface area contributed by atoms with Gasteiger partial charge in [0, 0.05) is 11.1 Å². The zero-order chi connectivity index (χ0) is 20.6. The Morgan fingerprint density at radius 3 is 2.66 bits per heavy atom. The number of rotatable bonds is 8. The zero-order valence-corrected chi connectivity index (χ0v) is 17.2. The van der Waals surface area contributed by atoms with Crippen molar-refractivity contribution in [2.75, 3.05) is 24.5 Å². The van der Waals surface area contributed by atoms with Crippen LogP contribution in [0.5, 0.6) is 11.5 Å². The number of nitrogens with one attached hydrogen (secondary N) is 2. The maximum absolute atomic E-state index is 12.1. The number of anilines is 2. The van der Waals surface area contributed by atoms with Crippen molar-refractivity contribution in [1.82, 2.24) is 4.98 Å². The largest absolute Gasteiger partial charge is 0.493 e. The van der Waals surface area contributed by atoms with Crippen LogP contribution in [0.25, 0.3) is 0 Å². The van der Waals surface area contributed by atoms with Crippen molar-refractivity contribution in [3.05, 3.63) is 64.7 Å². The molecule has 150 valence electrons. The van der Waals surface area contributed by atoms with E-state index in [1.54, 1.807) is 25.5 Å². The molecule has 0 saturated carbocycles. The molecular weight excluding hydrogens is 388 g/mol. The summed E-state index contributed by atoms with van der Waals surface area (Å²) in [5.74, 6) is 0.749. The molecule has 2 N–H and O–H groups in total. The minimum atomic E-state index is -0.246. The topological polar surface area (TPSA) is 84.8 Å². The van der Waals surface area contributed by atoms with Gasteiger partial charge in [-0.2, -0.15) is 5.10 Å². The third-order valence-corrected chi connectivity index (χ3v) is 4.74. The van der Waals surface area contributed by atoms with Crippen molar-refractivity contribution < 1.29 is 14.3 Å². The molecular formula is C21H22N4O3S. The molecule has 29 heavy (non-hydrogen) atoms. The first-order valence-electron chi connectivity index (χ1n) is 8.92. The predicted octanol–water partition coefficient (Wildman–Crippen LogP) is 4.23. The summed E-state index contributed by atoms with van der Waals surface area (Å²) < 4.78 is 11.0. The number of nitrogens with zero attached hydrogens (tertiary/aromatic N) is 2. The zero-order valence-electron chi connectivity index (χ0n) is 16.4. The summed E-state index contributed by atoms with van der Waals surface area (Å²) >= 11 is 1.49. The Balaban J connectivity index is 1.56. The average molecular weight is 410 g/mol. The van der Waals surface area contributed by atoms with E-state index in [9.17, 15) is 4.79 Å². The summed E-state index contributed by atoms with van der Waals surface area (Å²) in [5, 5.41) is 9.64. The fourth-order valence-electron chi connectivity index (χ4n) is 2.43. The fourth-order valence-corrected chi connectivity index (χ4v) is 3.07. The van der Waals surface area contributed by atoms with E-state index in [0.29, 0.717) is 11.5 Å². The van der Waals surface area contributed by atoms with E-state index in [4.69, 9.17) is 9.47 Å². The number of amides is 1. The molecule has 0 unspecified atom stereocenters. The molecule has 0 bridgehead atoms. The number of ether oxygens (including phenoxy) is 2. The van der Waals surface area contributed by atoms with Crippen molar-refractivity contribution >= 4 is 34.3 Å². The van der Waals surface area contributed by atoms with Crippen LogP contribution >= 0.6 is 11.3 Å². The van der Waals surface area contributed by atoms with E-state index >= 15 is 0 Å². The van der Waals surface area contributed by atoms with Crippen molar-refractivity contribution in [3.8, 4) is 11.5 Å². The lowest BCUT2D eigenvalue weighted by Gasteiger charge is -2.11. The number of benzene rings is 2. The standard InChI is InChI=1S/C21H22N4O3S/c1-14-4-7-17(8-5-14)24-20(26)12-28-18-9-6-16(10-19(18)27-3)11-22-25-21-23-15(2)13-29-21/h4-11,13H,12H2,1-3H3,(H,23,25)(H,24,26). The van der Waals surface area contributed by atoms with E-state index in [-0.39, 0.29) is 12.5 Å². The number of hydrazone groups is 1. The highest BCUT2D eigenvalue weighted by molar-refractivity contribution is 7.13. The van der Waals surface area contributed by atoms with Gasteiger partial charge in [0.05, 0.1) is 19.0 Å². The monoisotopic (exact) mass is 410 g/mol. The number of aryl methyl sites for hydroxylation is 2. The van der Waals surface area contributed by atoms with Crippen LogP contribution in [-0.4, -0.2) is 30.8 Å². The summed E-state index contributed by atoms with van der Waals surface area (Å²) in [4.78, 5) is 16.4. The molecule has 0 aliphatic carbocycles. The normalized spacial score (nSPS) is 10.7. The van der Waals surface area contributed by atoms with Crippen LogP contribution in [0.1, 0.15) is 16.8 Å². The Morgan fingerprint density at radius 1 is 1.17 bits per heavy atom. The van der Waals surface area contributed by atoms with Crippen molar-refractivity contribution in [2.24, 2.45) is 5.10 Å². The van der Waals surface area contributed by atoms with E-state index in [0.717, 1.165) is 27.6 Å². The molecule has 0 aliphatic rings. The van der Waals surface area contributed by atoms with Crippen LogP contribution in [0, 0.1) is 13.8 Å². The molecule has 0 radical (unpaired) electrons. The maximum Gasteiger partial charge on any atom is 0.262 e. The summed E-state index contributed by atoms with van der Waals surface area (Å²) in [5.41, 5.74) is 6.51. The van der Waals surface area contributed by atoms with Crippen LogP contribution < -0.4 is 20.2 Å². The second-order valence-corrected chi connectivity index (χ2v) is 7.14. The molecule has 2 aromatic carbocycles. The molecule has 7 nitrogen and oxygen atoms in total. The van der Waals surface area contributed by atoms with Gasteiger partial charge in [-0.1, -0.05) is 17.7 Å². The molecule has 1 heterocycles. The smallest absolute Gasteiger partial charge is 0.262 e. The van der Waals surface area contributed by atoms with Crippen molar-refractivity contribution in [1.29, 1.82) is 0 Å². The molecule has 0 fully saturated rings. The molecule has 0 atom stereocenters. The molecule has 3 aromatic rings. The SMILES string of the molecule is COc1cc(C=NNc2nc(C)cs2)ccc1OCC(=O)Nc1ccc(C)cc1. The first-order chi connectivity index (χ1) is 14.0. The van der Waals surface area contributed by atoms with Gasteiger partial charge in [0.2, 0.25) is 5.13 Å². The van der Waals surface area contributed by atoms with Gasteiger partial charge >= 0.3 is 0 Å². The van der Waals surface area contributed by atoms with E-state index < -0.39 is 0 Å². The molecule has 8 heteroatoms. The Hall–Kier alpha value is -3.39. The first kappa shape index (κ1) is 20.3. The van der Waals surface area contributed by atoms with E-state index in [1.165, 1.54) is 11.3 Å². The van der Waals surface area contributed by atoms with Crippen molar-refractivity contribution in [3.63, 3.8) is 0 Å². The van der Waals surface area contributed by atoms with Crippen molar-refractivity contribution in [2.45, 2.75) is 13.8 Å². The highest BCUT2D eigenvalue weighted by Gasteiger charge is 2.09. The lowest BCUT2D eigenvalue weighted by molar-refractivity contribution is -0.118. The van der Waals surface area contributed by atoms with Gasteiger partial charge in [-0.05, 0) is 49.7 Å². The van der Waals surface area contributed by atoms with E-state index in [2.05, 4.69) is 20.8 Å². The number of methoxy groups -OCH3 is 1. The second kappa shape index (κ2) is 9.70. The highest BCUT2D eigenvalue weighted by atomic mass is 32.1. The number of hydrogen-bond donors (Lipinski definition) is 2. The predicted molar refractivity (Wildman–Crippen MR) is 116 cm³/mol. The van der Waals surface area contributed by atoms with Crippen LogP contribution in [0.15, 0.2) is 52.9 Å². The minimum absolute atomic E-state index is 0.122. The molecule has 0 aliphatic heterocycles. The molecule has 0 saturated heterocycles. The highest BCUT2D eigenvalue weighted by Crippen LogP contribution is 2.27. The first-order valence-corrected chi connectivity index (χ1v) is 9.80. The van der Waals surface area contributed by atoms with Gasteiger partial charge in [-0.25, -0.2) is 4.98 Å². The third-order valence-electron chi connectivity index (χ3n) is 3.87. The Kier molecular flexibility index (Phi) is 6.80. The maximum atomic E-state index is 12.1. The second-order valence-electron chi connectivity index (χ2n) is 6.28. The van der Waals surface area contributed by atoms with Gasteiger partial charge in [0.15, 0.2) is 18.1 Å². The molecule has 1 amide bonds. The lowest BCUT2D eigenvalue weighted by atomic mass is 10.2. The van der Waals surface area contributed by atoms with Crippen LogP contribution in [0.2, 0.25) is 0 Å².